The average molecular weight is 220 g/mol. The Balaban J connectivity index is 0.00000108. The molecule has 0 bridgehead atoms. The SMILES string of the molecule is [Li+].c1cnn([BH-](n2cccn2)n2cccn2)c1. The van der Waals surface area contributed by atoms with Gasteiger partial charge in [0.2, 0.25) is 0 Å². The van der Waals surface area contributed by atoms with Crippen molar-refractivity contribution in [2.45, 2.75) is 0 Å². The quantitative estimate of drug-likeness (QED) is 0.440. The third-order valence-electron chi connectivity index (χ3n) is 2.55. The van der Waals surface area contributed by atoms with Gasteiger partial charge in [0.1, 0.15) is 0 Å². The van der Waals surface area contributed by atoms with Crippen LogP contribution in [0.2, 0.25) is 0 Å². The molecule has 17 heavy (non-hydrogen) atoms. The first-order valence-electron chi connectivity index (χ1n) is 5.10. The van der Waals surface area contributed by atoms with Gasteiger partial charge in [-0.2, -0.15) is 0 Å². The largest absolute Gasteiger partial charge is 1.00 e. The number of nitrogens with zero attached hydrogens (tertiary/aromatic N) is 6. The van der Waals surface area contributed by atoms with Crippen molar-refractivity contribution in [3.05, 3.63) is 55.4 Å². The van der Waals surface area contributed by atoms with Gasteiger partial charge in [-0.25, -0.2) is 15.3 Å². The van der Waals surface area contributed by atoms with Gasteiger partial charge in [-0.3, -0.25) is 0 Å². The summed E-state index contributed by atoms with van der Waals surface area (Å²) in [6, 6.07) is 5.69. The molecule has 3 aromatic heterocycles. The zero-order valence-corrected chi connectivity index (χ0v) is 9.59. The second kappa shape index (κ2) is 5.08. The monoisotopic (exact) mass is 220 g/mol. The van der Waals surface area contributed by atoms with Crippen LogP contribution in [0.15, 0.2) is 55.4 Å². The van der Waals surface area contributed by atoms with Gasteiger partial charge in [-0.1, -0.05) is 0 Å². The Bertz CT molecular complexity index is 451. The predicted octanol–water partition coefficient (Wildman–Crippen LogP) is -3.06. The van der Waals surface area contributed by atoms with E-state index in [-0.39, 0.29) is 18.9 Å². The van der Waals surface area contributed by atoms with Crippen LogP contribution in [0.3, 0.4) is 0 Å². The minimum Gasteiger partial charge on any atom is -0.403 e. The van der Waals surface area contributed by atoms with Crippen molar-refractivity contribution in [2.75, 3.05) is 0 Å². The van der Waals surface area contributed by atoms with Crippen LogP contribution in [0.1, 0.15) is 0 Å². The van der Waals surface area contributed by atoms with Gasteiger partial charge >= 0.3 is 26.0 Å². The molecule has 6 nitrogen and oxygen atoms in total. The third kappa shape index (κ3) is 2.21. The zero-order valence-electron chi connectivity index (χ0n) is 9.59. The summed E-state index contributed by atoms with van der Waals surface area (Å²) in [5, 5.41) is 12.8. The van der Waals surface area contributed by atoms with E-state index in [4.69, 9.17) is 0 Å². The Kier molecular flexibility index (Phi) is 3.52. The first-order valence-corrected chi connectivity index (χ1v) is 5.10. The minimum absolute atomic E-state index is 0. The molecule has 80 valence electrons. The van der Waals surface area contributed by atoms with Crippen molar-refractivity contribution in [1.29, 1.82) is 0 Å². The van der Waals surface area contributed by atoms with Crippen LogP contribution in [0.25, 0.3) is 0 Å². The molecule has 0 saturated carbocycles. The van der Waals surface area contributed by atoms with Gasteiger partial charge in [0.05, 0.1) is 0 Å². The van der Waals surface area contributed by atoms with E-state index >= 15 is 0 Å². The summed E-state index contributed by atoms with van der Waals surface area (Å²) >= 11 is 0. The third-order valence-corrected chi connectivity index (χ3v) is 2.55. The molecule has 0 aliphatic rings. The first kappa shape index (κ1) is 11.8. The Labute approximate surface area is 111 Å². The summed E-state index contributed by atoms with van der Waals surface area (Å²) in [6.07, 6.45) is 11.0. The number of hydrogen-bond donors (Lipinski definition) is 0. The Morgan fingerprint density at radius 3 is 1.24 bits per heavy atom. The molecule has 0 aliphatic carbocycles. The Hall–Kier alpha value is -1.71. The molecule has 8 heteroatoms. The normalized spacial score (nSPS) is 10.4. The molecule has 0 unspecified atom stereocenters. The van der Waals surface area contributed by atoms with Crippen LogP contribution < -0.4 is 18.9 Å². The van der Waals surface area contributed by atoms with E-state index in [0.29, 0.717) is 0 Å². The number of hydrogen-bond acceptors (Lipinski definition) is 3. The average Bonchev–Trinajstić information content (AvgIpc) is 3.02. The fraction of sp³-hybridized carbons (Fsp3) is 0. The molecule has 3 rings (SSSR count). The summed E-state index contributed by atoms with van der Waals surface area (Å²) in [5.74, 6) is 0. The Morgan fingerprint density at radius 1 is 0.647 bits per heavy atom. The van der Waals surface area contributed by atoms with Crippen molar-refractivity contribution >= 4 is 7.12 Å². The molecule has 0 aliphatic heterocycles. The van der Waals surface area contributed by atoms with E-state index in [9.17, 15) is 0 Å². The Morgan fingerprint density at radius 2 is 1.00 bits per heavy atom. The van der Waals surface area contributed by atoms with E-state index in [0.717, 1.165) is 0 Å². The summed E-state index contributed by atoms with van der Waals surface area (Å²) in [4.78, 5) is 0. The maximum absolute atomic E-state index is 4.26. The smallest absolute Gasteiger partial charge is 0.403 e. The van der Waals surface area contributed by atoms with Gasteiger partial charge < -0.3 is 13.8 Å². The van der Waals surface area contributed by atoms with Crippen LogP contribution in [-0.2, 0) is 0 Å². The van der Waals surface area contributed by atoms with Gasteiger partial charge in [0, 0.05) is 18.6 Å². The predicted molar refractivity (Wildman–Crippen MR) is 60.0 cm³/mol. The van der Waals surface area contributed by atoms with Crippen molar-refractivity contribution in [1.82, 2.24) is 29.1 Å². The summed E-state index contributed by atoms with van der Waals surface area (Å²) in [7, 11) is -1.12. The zero-order chi connectivity index (χ0) is 10.8. The van der Waals surface area contributed by atoms with E-state index in [1.54, 1.807) is 18.6 Å². The maximum Gasteiger partial charge on any atom is 1.00 e. The minimum atomic E-state index is -1.12. The molecule has 0 amide bonds. The van der Waals surface area contributed by atoms with Gasteiger partial charge in [-0.05, 0) is 36.8 Å². The molecule has 0 N–H and O–H groups in total. The molecule has 3 aromatic rings. The first-order chi connectivity index (χ1) is 7.95. The van der Waals surface area contributed by atoms with Crippen LogP contribution in [0, 0.1) is 0 Å². The maximum atomic E-state index is 4.26. The number of aromatic nitrogens is 6. The van der Waals surface area contributed by atoms with Gasteiger partial charge in [-0.15, -0.1) is 0 Å². The molecule has 3 heterocycles. The van der Waals surface area contributed by atoms with E-state index in [1.165, 1.54) is 0 Å². The molecular formula is C9H10BLiN6. The van der Waals surface area contributed by atoms with Crippen molar-refractivity contribution < 1.29 is 18.9 Å². The molecule has 0 aromatic carbocycles. The van der Waals surface area contributed by atoms with Crippen molar-refractivity contribution in [3.63, 3.8) is 0 Å². The molecule has 0 fully saturated rings. The van der Waals surface area contributed by atoms with Crippen LogP contribution >= 0.6 is 0 Å². The van der Waals surface area contributed by atoms with E-state index < -0.39 is 7.12 Å². The van der Waals surface area contributed by atoms with Crippen LogP contribution in [0.4, 0.5) is 0 Å². The van der Waals surface area contributed by atoms with E-state index in [2.05, 4.69) is 15.3 Å². The molecule has 0 atom stereocenters. The summed E-state index contributed by atoms with van der Waals surface area (Å²) in [5.41, 5.74) is 0. The standard InChI is InChI=1S/C9H10BN6.Li/c1-4-11-14(7-1)10(15-8-2-5-12-15)16-9-3-6-13-16;/h1-10H;/q-1;+1. The molecule has 0 saturated heterocycles. The second-order valence-electron chi connectivity index (χ2n) is 3.56. The summed E-state index contributed by atoms with van der Waals surface area (Å²) in [6.45, 7) is 0. The van der Waals surface area contributed by atoms with Crippen LogP contribution in [0.5, 0.6) is 0 Å². The fourth-order valence-corrected chi connectivity index (χ4v) is 1.85. The molecule has 0 radical (unpaired) electrons. The van der Waals surface area contributed by atoms with Gasteiger partial charge in [0.15, 0.2) is 0 Å². The topological polar surface area (TPSA) is 53.5 Å². The van der Waals surface area contributed by atoms with Crippen molar-refractivity contribution in [2.24, 2.45) is 0 Å². The fourth-order valence-electron chi connectivity index (χ4n) is 1.85. The van der Waals surface area contributed by atoms with E-state index in [1.807, 2.05) is 50.6 Å². The molecular weight excluding hydrogens is 210 g/mol. The molecule has 0 spiro atoms. The van der Waals surface area contributed by atoms with Gasteiger partial charge in [0.25, 0.3) is 0 Å². The second-order valence-corrected chi connectivity index (χ2v) is 3.56. The summed E-state index contributed by atoms with van der Waals surface area (Å²) < 4.78 is 5.62. The number of rotatable bonds is 3. The van der Waals surface area contributed by atoms with Crippen molar-refractivity contribution in [3.8, 4) is 0 Å². The van der Waals surface area contributed by atoms with Crippen LogP contribution in [-0.4, -0.2) is 36.2 Å².